The lowest BCUT2D eigenvalue weighted by Crippen LogP contribution is -2.71. The number of anilines is 1. The monoisotopic (exact) mass is 572 g/mol. The number of oxime groups is 1. The summed E-state index contributed by atoms with van der Waals surface area (Å²) < 4.78 is 4.56. The number of nitrogens with zero attached hydrogens (tertiary/aromatic N) is 6. The molecule has 1 saturated heterocycles. The summed E-state index contributed by atoms with van der Waals surface area (Å²) >= 11 is 4.71. The first kappa shape index (κ1) is 25.8. The van der Waals surface area contributed by atoms with Crippen molar-refractivity contribution in [2.75, 3.05) is 17.2 Å². The molecule has 2 aliphatic heterocycles. The average Bonchev–Trinajstić information content (AvgIpc) is 3.52. The Morgan fingerprint density at radius 1 is 1.42 bits per heavy atom. The zero-order valence-corrected chi connectivity index (χ0v) is 21.3. The Bertz CT molecular complexity index is 1260. The van der Waals surface area contributed by atoms with Crippen LogP contribution < -0.4 is 11.1 Å². The van der Waals surface area contributed by atoms with Crippen LogP contribution >= 0.6 is 46.4 Å². The summed E-state index contributed by atoms with van der Waals surface area (Å²) in [5, 5.41) is 31.9. The van der Waals surface area contributed by atoms with Gasteiger partial charge in [-0.25, -0.2) is 9.59 Å². The molecule has 19 heteroatoms. The minimum atomic E-state index is -1.38. The fourth-order valence-corrected chi connectivity index (χ4v) is 6.48. The SMILES string of the molecule is CC(O/N=C(/C(=O)NC1C(=O)N2C(C(=O)O)=C(CSc3nncs3)CSC12)c1nsc(N)n1)C(=O)O. The number of amides is 2. The van der Waals surface area contributed by atoms with Crippen molar-refractivity contribution in [2.45, 2.75) is 28.8 Å². The molecule has 0 saturated carbocycles. The smallest absolute Gasteiger partial charge is 0.352 e. The minimum absolute atomic E-state index is 0.0284. The highest BCUT2D eigenvalue weighted by atomic mass is 32.2. The number of aromatic nitrogens is 4. The number of nitrogen functional groups attached to an aromatic ring is 1. The molecular formula is C17H16N8O7S4. The van der Waals surface area contributed by atoms with Gasteiger partial charge in [-0.1, -0.05) is 28.3 Å². The molecule has 4 rings (SSSR count). The molecule has 5 N–H and O–H groups in total. The van der Waals surface area contributed by atoms with Crippen molar-refractivity contribution in [3.63, 3.8) is 0 Å². The standard InChI is InChI=1S/C17H16N8O7S4/c1-5(14(28)29)32-23-7(10-21-16(18)36-24-10)11(26)20-8-12(27)25-9(15(30)31)6(2-33-13(8)25)3-34-17-22-19-4-35-17/h4-5,8,13H,2-3H2,1H3,(H,20,26)(H,28,29)(H,30,31)(H2,18,21,24)/b23-7+. The highest BCUT2D eigenvalue weighted by molar-refractivity contribution is 8.01. The highest BCUT2D eigenvalue weighted by Gasteiger charge is 2.54. The second-order valence-corrected chi connectivity index (χ2v) is 11.0. The van der Waals surface area contributed by atoms with E-state index in [4.69, 9.17) is 15.7 Å². The van der Waals surface area contributed by atoms with Crippen LogP contribution in [0.4, 0.5) is 5.13 Å². The second kappa shape index (κ2) is 10.8. The van der Waals surface area contributed by atoms with Crippen LogP contribution in [-0.2, 0) is 24.0 Å². The summed E-state index contributed by atoms with van der Waals surface area (Å²) in [6, 6.07) is -1.06. The summed E-state index contributed by atoms with van der Waals surface area (Å²) in [6.45, 7) is 1.21. The Hall–Kier alpha value is -3.29. The number of hydrogen-bond acceptors (Lipinski definition) is 15. The lowest BCUT2D eigenvalue weighted by molar-refractivity contribution is -0.150. The predicted molar refractivity (Wildman–Crippen MR) is 129 cm³/mol. The van der Waals surface area contributed by atoms with E-state index in [0.717, 1.165) is 16.4 Å². The maximum absolute atomic E-state index is 13.0. The number of thioether (sulfide) groups is 2. The summed E-state index contributed by atoms with van der Waals surface area (Å²) in [4.78, 5) is 58.8. The maximum atomic E-state index is 13.0. The number of fused-ring (bicyclic) bond motifs is 1. The molecule has 0 spiro atoms. The van der Waals surface area contributed by atoms with Gasteiger partial charge in [0, 0.05) is 23.0 Å². The van der Waals surface area contributed by atoms with Gasteiger partial charge in [0.2, 0.25) is 17.6 Å². The zero-order chi connectivity index (χ0) is 26.0. The van der Waals surface area contributed by atoms with Crippen molar-refractivity contribution < 1.29 is 34.2 Å². The van der Waals surface area contributed by atoms with E-state index < -0.39 is 47.0 Å². The Balaban J connectivity index is 1.50. The molecule has 0 radical (unpaired) electrons. The van der Waals surface area contributed by atoms with Gasteiger partial charge in [0.05, 0.1) is 0 Å². The molecule has 2 aromatic heterocycles. The van der Waals surface area contributed by atoms with E-state index in [1.807, 2.05) is 0 Å². The molecule has 4 heterocycles. The molecule has 15 nitrogen and oxygen atoms in total. The molecule has 3 unspecified atom stereocenters. The third-order valence-electron chi connectivity index (χ3n) is 4.76. The first-order valence-electron chi connectivity index (χ1n) is 9.83. The molecule has 0 bridgehead atoms. The van der Waals surface area contributed by atoms with E-state index >= 15 is 0 Å². The number of hydrogen-bond donors (Lipinski definition) is 4. The highest BCUT2D eigenvalue weighted by Crippen LogP contribution is 2.41. The molecule has 2 aliphatic rings. The predicted octanol–water partition coefficient (Wildman–Crippen LogP) is -0.303. The van der Waals surface area contributed by atoms with Gasteiger partial charge >= 0.3 is 11.9 Å². The van der Waals surface area contributed by atoms with Crippen LogP contribution in [0.5, 0.6) is 0 Å². The fourth-order valence-electron chi connectivity index (χ4n) is 3.07. The Morgan fingerprint density at radius 2 is 2.19 bits per heavy atom. The number of rotatable bonds is 10. The maximum Gasteiger partial charge on any atom is 0.352 e. The van der Waals surface area contributed by atoms with E-state index in [0.29, 0.717) is 21.4 Å². The Morgan fingerprint density at radius 3 is 2.81 bits per heavy atom. The zero-order valence-electron chi connectivity index (χ0n) is 18.1. The van der Waals surface area contributed by atoms with Crippen LogP contribution in [0.2, 0.25) is 0 Å². The quantitative estimate of drug-likeness (QED) is 0.124. The molecule has 2 aromatic rings. The van der Waals surface area contributed by atoms with Gasteiger partial charge in [0.1, 0.15) is 22.6 Å². The van der Waals surface area contributed by atoms with Gasteiger partial charge < -0.3 is 26.1 Å². The summed E-state index contributed by atoms with van der Waals surface area (Å²) in [7, 11) is 0. The van der Waals surface area contributed by atoms with Gasteiger partial charge in [-0.2, -0.15) is 9.36 Å². The Kier molecular flexibility index (Phi) is 7.71. The van der Waals surface area contributed by atoms with Crippen LogP contribution in [-0.4, -0.2) is 93.2 Å². The molecule has 1 fully saturated rings. The number of β-lactam (4-membered cyclic amide) rings is 1. The number of carbonyl (C=O) groups is 4. The normalized spacial score (nSPS) is 20.4. The fraction of sp³-hybridized carbons (Fsp3) is 0.353. The van der Waals surface area contributed by atoms with E-state index in [1.54, 1.807) is 5.51 Å². The minimum Gasteiger partial charge on any atom is -0.478 e. The van der Waals surface area contributed by atoms with Crippen LogP contribution in [0.1, 0.15) is 12.7 Å². The molecule has 190 valence electrons. The summed E-state index contributed by atoms with van der Waals surface area (Å²) in [5.41, 5.74) is 7.07. The first-order valence-corrected chi connectivity index (χ1v) is 13.5. The first-order chi connectivity index (χ1) is 17.2. The number of aliphatic carboxylic acids is 2. The molecule has 3 atom stereocenters. The van der Waals surface area contributed by atoms with Gasteiger partial charge in [0.15, 0.2) is 9.47 Å². The number of carbonyl (C=O) groups excluding carboxylic acids is 2. The molecular weight excluding hydrogens is 557 g/mol. The van der Waals surface area contributed by atoms with Crippen molar-refractivity contribution in [1.82, 2.24) is 29.8 Å². The van der Waals surface area contributed by atoms with Crippen LogP contribution in [0.3, 0.4) is 0 Å². The number of carboxylic acid groups (broad SMARTS) is 2. The second-order valence-electron chi connectivity index (χ2n) is 7.09. The van der Waals surface area contributed by atoms with Crippen molar-refractivity contribution in [3.8, 4) is 0 Å². The van der Waals surface area contributed by atoms with E-state index in [9.17, 15) is 24.3 Å². The van der Waals surface area contributed by atoms with Crippen LogP contribution in [0.25, 0.3) is 0 Å². The largest absolute Gasteiger partial charge is 0.478 e. The summed E-state index contributed by atoms with van der Waals surface area (Å²) in [6.07, 6.45) is -1.38. The third-order valence-corrected chi connectivity index (χ3v) is 8.59. The van der Waals surface area contributed by atoms with E-state index in [-0.39, 0.29) is 16.7 Å². The van der Waals surface area contributed by atoms with Crippen molar-refractivity contribution in [2.24, 2.45) is 5.16 Å². The topological polar surface area (TPSA) is 223 Å². The van der Waals surface area contributed by atoms with E-state index in [1.165, 1.54) is 41.8 Å². The van der Waals surface area contributed by atoms with Gasteiger partial charge in [0.25, 0.3) is 11.8 Å². The third kappa shape index (κ3) is 5.27. The lowest BCUT2D eigenvalue weighted by atomic mass is 10.0. The van der Waals surface area contributed by atoms with Crippen LogP contribution in [0, 0.1) is 0 Å². The average molecular weight is 573 g/mol. The van der Waals surface area contributed by atoms with Crippen molar-refractivity contribution in [1.29, 1.82) is 0 Å². The number of nitrogens with two attached hydrogens (primary N) is 1. The Labute approximate surface area is 218 Å². The van der Waals surface area contributed by atoms with Gasteiger partial charge in [-0.3, -0.25) is 14.5 Å². The number of carboxylic acids is 2. The lowest BCUT2D eigenvalue weighted by Gasteiger charge is -2.49. The van der Waals surface area contributed by atoms with Gasteiger partial charge in [-0.05, 0) is 12.5 Å². The molecule has 0 aromatic carbocycles. The molecule has 0 aliphatic carbocycles. The molecule has 36 heavy (non-hydrogen) atoms. The van der Waals surface area contributed by atoms with Crippen molar-refractivity contribution in [3.05, 3.63) is 22.6 Å². The summed E-state index contributed by atoms with van der Waals surface area (Å²) in [5.74, 6) is -3.70. The van der Waals surface area contributed by atoms with Crippen LogP contribution in [0.15, 0.2) is 26.3 Å². The van der Waals surface area contributed by atoms with Gasteiger partial charge in [-0.15, -0.1) is 22.0 Å². The number of nitrogens with one attached hydrogen (secondary N) is 1. The van der Waals surface area contributed by atoms with Crippen molar-refractivity contribution >= 4 is 81.0 Å². The van der Waals surface area contributed by atoms with E-state index in [2.05, 4.69) is 30.0 Å². The molecule has 2 amide bonds.